The van der Waals surface area contributed by atoms with Gasteiger partial charge in [0.1, 0.15) is 11.5 Å². The lowest BCUT2D eigenvalue weighted by molar-refractivity contribution is 0.497. The highest BCUT2D eigenvalue weighted by molar-refractivity contribution is 6.34. The minimum Gasteiger partial charge on any atom is -0.464 e. The van der Waals surface area contributed by atoms with Gasteiger partial charge in [-0.15, -0.1) is 0 Å². The first kappa shape index (κ1) is 9.98. The number of rotatable bonds is 0. The van der Waals surface area contributed by atoms with Gasteiger partial charge in [-0.3, -0.25) is 0 Å². The van der Waals surface area contributed by atoms with E-state index in [1.54, 1.807) is 0 Å². The summed E-state index contributed by atoms with van der Waals surface area (Å²) in [5.41, 5.74) is 6.33. The third kappa shape index (κ3) is 1.18. The van der Waals surface area contributed by atoms with Crippen molar-refractivity contribution >= 4 is 11.6 Å². The smallest absolute Gasteiger partial charge is 0.120 e. The largest absolute Gasteiger partial charge is 0.464 e. The van der Waals surface area contributed by atoms with E-state index in [9.17, 15) is 0 Å². The maximum absolute atomic E-state index is 6.28. The molecule has 0 radical (unpaired) electrons. The van der Waals surface area contributed by atoms with Gasteiger partial charge in [0.15, 0.2) is 0 Å². The molecule has 0 fully saturated rings. The van der Waals surface area contributed by atoms with Crippen LogP contribution in [-0.4, -0.2) is 0 Å². The van der Waals surface area contributed by atoms with Crippen molar-refractivity contribution in [2.24, 2.45) is 0 Å². The van der Waals surface area contributed by atoms with Gasteiger partial charge in [0.25, 0.3) is 0 Å². The summed E-state index contributed by atoms with van der Waals surface area (Å²) in [5, 5.41) is 0.775. The van der Waals surface area contributed by atoms with Gasteiger partial charge in [0.05, 0.1) is 5.02 Å². The van der Waals surface area contributed by atoms with Crippen molar-refractivity contribution in [3.05, 3.63) is 45.4 Å². The minimum absolute atomic E-state index is 0.775. The van der Waals surface area contributed by atoms with Crippen molar-refractivity contribution in [3.8, 4) is 11.1 Å². The Hall–Kier alpha value is -1.21. The molecule has 1 nitrogen and oxygen atoms in total. The maximum Gasteiger partial charge on any atom is 0.120 e. The Bertz CT molecular complexity index is 593. The molecule has 3 rings (SSSR count). The van der Waals surface area contributed by atoms with Crippen molar-refractivity contribution in [1.82, 2.24) is 0 Å². The average molecular weight is 233 g/mol. The molecule has 0 amide bonds. The Labute approximate surface area is 100 Å². The highest BCUT2D eigenvalue weighted by Gasteiger charge is 2.27. The predicted molar refractivity (Wildman–Crippen MR) is 66.2 cm³/mol. The third-order valence-corrected chi connectivity index (χ3v) is 3.88. The summed E-state index contributed by atoms with van der Waals surface area (Å²) in [6.07, 6.45) is 0.874. The number of halogens is 1. The van der Waals surface area contributed by atoms with Crippen LogP contribution in [0.25, 0.3) is 11.1 Å². The SMILES string of the molecule is Cc1cc2c(cc1C)-c1c(oc(C)c1Cl)C2. The van der Waals surface area contributed by atoms with E-state index in [1.807, 2.05) is 6.92 Å². The standard InChI is InChI=1S/C14H13ClO/c1-7-4-10-6-12-13(11(10)5-8(7)2)14(15)9(3)16-12/h4-5H,6H2,1-3H3. The molecule has 1 aromatic carbocycles. The summed E-state index contributed by atoms with van der Waals surface area (Å²) < 4.78 is 5.69. The minimum atomic E-state index is 0.775. The number of benzene rings is 1. The fraction of sp³-hybridized carbons (Fsp3) is 0.286. The van der Waals surface area contributed by atoms with Crippen molar-refractivity contribution in [2.75, 3.05) is 0 Å². The second-order valence-electron chi connectivity index (χ2n) is 4.54. The average Bonchev–Trinajstić information content (AvgIpc) is 2.67. The van der Waals surface area contributed by atoms with Gasteiger partial charge in [-0.1, -0.05) is 23.7 Å². The zero-order valence-corrected chi connectivity index (χ0v) is 10.4. The first-order valence-corrected chi connectivity index (χ1v) is 5.84. The van der Waals surface area contributed by atoms with E-state index in [1.165, 1.54) is 22.3 Å². The quantitative estimate of drug-likeness (QED) is 0.559. The molecular weight excluding hydrogens is 220 g/mol. The summed E-state index contributed by atoms with van der Waals surface area (Å²) in [7, 11) is 0. The Kier molecular flexibility index (Phi) is 1.96. The zero-order chi connectivity index (χ0) is 11.4. The van der Waals surface area contributed by atoms with Gasteiger partial charge in [0.2, 0.25) is 0 Å². The first-order chi connectivity index (χ1) is 7.58. The molecule has 1 heterocycles. The van der Waals surface area contributed by atoms with Gasteiger partial charge in [-0.25, -0.2) is 0 Å². The molecule has 0 bridgehead atoms. The number of hydrogen-bond donors (Lipinski definition) is 0. The topological polar surface area (TPSA) is 13.1 Å². The Morgan fingerprint density at radius 3 is 2.56 bits per heavy atom. The predicted octanol–water partition coefficient (Wildman–Crippen LogP) is 4.43. The van der Waals surface area contributed by atoms with Crippen LogP contribution in [-0.2, 0) is 6.42 Å². The van der Waals surface area contributed by atoms with Crippen LogP contribution in [0.5, 0.6) is 0 Å². The maximum atomic E-state index is 6.28. The molecule has 0 saturated carbocycles. The molecule has 0 aliphatic heterocycles. The zero-order valence-electron chi connectivity index (χ0n) is 9.65. The van der Waals surface area contributed by atoms with Gasteiger partial charge in [-0.2, -0.15) is 0 Å². The lowest BCUT2D eigenvalue weighted by Crippen LogP contribution is -1.87. The van der Waals surface area contributed by atoms with Crippen LogP contribution in [0.1, 0.15) is 28.2 Å². The van der Waals surface area contributed by atoms with Crippen LogP contribution >= 0.6 is 11.6 Å². The Balaban J connectivity index is 2.31. The van der Waals surface area contributed by atoms with Crippen LogP contribution in [0.2, 0.25) is 5.02 Å². The van der Waals surface area contributed by atoms with Crippen LogP contribution < -0.4 is 0 Å². The van der Waals surface area contributed by atoms with E-state index in [0.717, 1.165) is 28.5 Å². The Morgan fingerprint density at radius 1 is 1.12 bits per heavy atom. The molecular formula is C14H13ClO. The van der Waals surface area contributed by atoms with Crippen LogP contribution in [0.3, 0.4) is 0 Å². The molecule has 0 N–H and O–H groups in total. The van der Waals surface area contributed by atoms with Crippen LogP contribution in [0, 0.1) is 20.8 Å². The molecule has 0 atom stereocenters. The fourth-order valence-corrected chi connectivity index (χ4v) is 2.65. The third-order valence-electron chi connectivity index (χ3n) is 3.42. The summed E-state index contributed by atoms with van der Waals surface area (Å²) in [6, 6.07) is 4.46. The lowest BCUT2D eigenvalue weighted by atomic mass is 10.00. The molecule has 1 aliphatic rings. The van der Waals surface area contributed by atoms with E-state index in [0.29, 0.717) is 0 Å². The molecule has 16 heavy (non-hydrogen) atoms. The van der Waals surface area contributed by atoms with Crippen molar-refractivity contribution < 1.29 is 4.42 Å². The van der Waals surface area contributed by atoms with E-state index in [2.05, 4.69) is 26.0 Å². The van der Waals surface area contributed by atoms with E-state index in [4.69, 9.17) is 16.0 Å². The van der Waals surface area contributed by atoms with Crippen molar-refractivity contribution in [1.29, 1.82) is 0 Å². The van der Waals surface area contributed by atoms with E-state index < -0.39 is 0 Å². The molecule has 1 aromatic heterocycles. The molecule has 0 unspecified atom stereocenters. The van der Waals surface area contributed by atoms with Gasteiger partial charge in [0, 0.05) is 12.0 Å². The van der Waals surface area contributed by atoms with Crippen molar-refractivity contribution in [2.45, 2.75) is 27.2 Å². The van der Waals surface area contributed by atoms with E-state index in [-0.39, 0.29) is 0 Å². The van der Waals surface area contributed by atoms with E-state index >= 15 is 0 Å². The molecule has 2 aromatic rings. The normalized spacial score (nSPS) is 12.8. The lowest BCUT2D eigenvalue weighted by Gasteiger charge is -2.05. The summed E-state index contributed by atoms with van der Waals surface area (Å²) in [6.45, 7) is 6.19. The molecule has 0 saturated heterocycles. The highest BCUT2D eigenvalue weighted by Crippen LogP contribution is 2.45. The number of fused-ring (bicyclic) bond motifs is 3. The van der Waals surface area contributed by atoms with Gasteiger partial charge < -0.3 is 4.42 Å². The highest BCUT2D eigenvalue weighted by atomic mass is 35.5. The van der Waals surface area contributed by atoms with Crippen LogP contribution in [0.15, 0.2) is 16.5 Å². The van der Waals surface area contributed by atoms with Gasteiger partial charge in [-0.05, 0) is 43.0 Å². The molecule has 82 valence electrons. The number of furan rings is 1. The second kappa shape index (κ2) is 3.14. The molecule has 1 aliphatic carbocycles. The molecule has 0 spiro atoms. The van der Waals surface area contributed by atoms with Crippen LogP contribution in [0.4, 0.5) is 0 Å². The second-order valence-corrected chi connectivity index (χ2v) is 4.92. The number of hydrogen-bond acceptors (Lipinski definition) is 1. The molecule has 2 heteroatoms. The van der Waals surface area contributed by atoms with Crippen molar-refractivity contribution in [3.63, 3.8) is 0 Å². The summed E-state index contributed by atoms with van der Waals surface area (Å²) in [4.78, 5) is 0. The monoisotopic (exact) mass is 232 g/mol. The number of aryl methyl sites for hydroxylation is 3. The Morgan fingerprint density at radius 2 is 1.81 bits per heavy atom. The fourth-order valence-electron chi connectivity index (χ4n) is 2.40. The summed E-state index contributed by atoms with van der Waals surface area (Å²) >= 11 is 6.28. The summed E-state index contributed by atoms with van der Waals surface area (Å²) in [5.74, 6) is 1.85. The van der Waals surface area contributed by atoms with Gasteiger partial charge >= 0.3 is 0 Å². The first-order valence-electron chi connectivity index (χ1n) is 5.46.